The van der Waals surface area contributed by atoms with E-state index in [0.717, 1.165) is 16.8 Å². The number of primary amides is 1. The van der Waals surface area contributed by atoms with Crippen molar-refractivity contribution in [2.75, 3.05) is 0 Å². The van der Waals surface area contributed by atoms with Gasteiger partial charge in [-0.3, -0.25) is 14.8 Å². The highest BCUT2D eigenvalue weighted by atomic mass is 16.1. The Balaban J connectivity index is 2.61. The molecule has 0 fully saturated rings. The van der Waals surface area contributed by atoms with Crippen molar-refractivity contribution in [1.29, 1.82) is 0 Å². The van der Waals surface area contributed by atoms with Crippen LogP contribution in [0.5, 0.6) is 0 Å². The number of amides is 1. The number of nitrogens with zero attached hydrogens (tertiary/aromatic N) is 2. The highest BCUT2D eigenvalue weighted by molar-refractivity contribution is 6.05. The molecule has 4 heteroatoms. The number of hydrogen-bond acceptors (Lipinski definition) is 3. The molecule has 2 rings (SSSR count). The SMILES string of the molecule is CC1=NCc2c1ccnc2C(N)=O. The maximum absolute atomic E-state index is 11.0. The van der Waals surface area contributed by atoms with Crippen LogP contribution >= 0.6 is 0 Å². The summed E-state index contributed by atoms with van der Waals surface area (Å²) < 4.78 is 0. The number of carbonyl (C=O) groups is 1. The van der Waals surface area contributed by atoms with Crippen molar-refractivity contribution in [1.82, 2.24) is 4.98 Å². The standard InChI is InChI=1S/C9H9N3O/c1-5-6-2-3-11-8(9(10)13)7(6)4-12-5/h2-3H,4H2,1H3,(H2,10,13). The lowest BCUT2D eigenvalue weighted by molar-refractivity contribution is 0.0994. The van der Waals surface area contributed by atoms with Gasteiger partial charge in [0.1, 0.15) is 5.69 Å². The quantitative estimate of drug-likeness (QED) is 0.675. The molecule has 13 heavy (non-hydrogen) atoms. The van der Waals surface area contributed by atoms with Gasteiger partial charge in [-0.2, -0.15) is 0 Å². The molecule has 2 heterocycles. The fourth-order valence-corrected chi connectivity index (χ4v) is 1.49. The fourth-order valence-electron chi connectivity index (χ4n) is 1.49. The van der Waals surface area contributed by atoms with E-state index in [0.29, 0.717) is 12.2 Å². The topological polar surface area (TPSA) is 68.3 Å². The Morgan fingerprint density at radius 1 is 1.62 bits per heavy atom. The van der Waals surface area contributed by atoms with Crippen molar-refractivity contribution in [2.24, 2.45) is 10.7 Å². The van der Waals surface area contributed by atoms with Crippen LogP contribution in [0, 0.1) is 0 Å². The van der Waals surface area contributed by atoms with Gasteiger partial charge < -0.3 is 5.73 Å². The first-order chi connectivity index (χ1) is 6.20. The Hall–Kier alpha value is -1.71. The molecule has 0 spiro atoms. The summed E-state index contributed by atoms with van der Waals surface area (Å²) in [6.45, 7) is 2.43. The molecular formula is C9H9N3O. The molecule has 1 aromatic heterocycles. The second-order valence-electron chi connectivity index (χ2n) is 2.95. The Morgan fingerprint density at radius 3 is 3.08 bits per heavy atom. The van der Waals surface area contributed by atoms with Gasteiger partial charge in [-0.1, -0.05) is 0 Å². The molecule has 1 aliphatic rings. The molecule has 1 aromatic rings. The van der Waals surface area contributed by atoms with Gasteiger partial charge in [0, 0.05) is 23.0 Å². The summed E-state index contributed by atoms with van der Waals surface area (Å²) in [5.74, 6) is -0.484. The largest absolute Gasteiger partial charge is 0.364 e. The van der Waals surface area contributed by atoms with Gasteiger partial charge >= 0.3 is 0 Å². The van der Waals surface area contributed by atoms with E-state index in [-0.39, 0.29) is 0 Å². The minimum Gasteiger partial charge on any atom is -0.364 e. The molecule has 2 N–H and O–H groups in total. The summed E-state index contributed by atoms with van der Waals surface area (Å²) in [7, 11) is 0. The van der Waals surface area contributed by atoms with Crippen LogP contribution in [0.25, 0.3) is 0 Å². The van der Waals surface area contributed by atoms with Crippen molar-refractivity contribution in [3.05, 3.63) is 29.1 Å². The van der Waals surface area contributed by atoms with Gasteiger partial charge in [0.05, 0.1) is 6.54 Å². The van der Waals surface area contributed by atoms with Crippen LogP contribution in [0.4, 0.5) is 0 Å². The van der Waals surface area contributed by atoms with Crippen LogP contribution in [-0.2, 0) is 6.54 Å². The second-order valence-corrected chi connectivity index (χ2v) is 2.95. The number of hydrogen-bond donors (Lipinski definition) is 1. The smallest absolute Gasteiger partial charge is 0.267 e. The lowest BCUT2D eigenvalue weighted by atomic mass is 10.1. The zero-order valence-corrected chi connectivity index (χ0v) is 7.24. The average Bonchev–Trinajstić information content (AvgIpc) is 2.48. The van der Waals surface area contributed by atoms with E-state index in [2.05, 4.69) is 9.98 Å². The molecule has 0 aliphatic carbocycles. The van der Waals surface area contributed by atoms with E-state index < -0.39 is 5.91 Å². The molecule has 0 saturated carbocycles. The third-order valence-corrected chi connectivity index (χ3v) is 2.15. The van der Waals surface area contributed by atoms with Crippen molar-refractivity contribution < 1.29 is 4.79 Å². The minimum atomic E-state index is -0.484. The number of aromatic nitrogens is 1. The average molecular weight is 175 g/mol. The van der Waals surface area contributed by atoms with E-state index in [4.69, 9.17) is 5.73 Å². The molecule has 66 valence electrons. The number of aliphatic imine (C=N–C) groups is 1. The molecule has 4 nitrogen and oxygen atoms in total. The molecule has 0 aromatic carbocycles. The molecule has 0 atom stereocenters. The van der Waals surface area contributed by atoms with Crippen LogP contribution < -0.4 is 5.73 Å². The van der Waals surface area contributed by atoms with Crippen molar-refractivity contribution in [2.45, 2.75) is 13.5 Å². The van der Waals surface area contributed by atoms with Crippen molar-refractivity contribution in [3.8, 4) is 0 Å². The number of nitrogens with two attached hydrogens (primary N) is 1. The first-order valence-electron chi connectivity index (χ1n) is 3.99. The summed E-state index contributed by atoms with van der Waals surface area (Å²) in [6.07, 6.45) is 1.59. The first-order valence-corrected chi connectivity index (χ1v) is 3.99. The van der Waals surface area contributed by atoms with E-state index in [1.165, 1.54) is 0 Å². The summed E-state index contributed by atoms with van der Waals surface area (Å²) >= 11 is 0. The predicted molar refractivity (Wildman–Crippen MR) is 48.7 cm³/mol. The Kier molecular flexibility index (Phi) is 1.62. The second kappa shape index (κ2) is 2.65. The first kappa shape index (κ1) is 7.91. The molecule has 0 radical (unpaired) electrons. The molecule has 1 amide bonds. The molecular weight excluding hydrogens is 166 g/mol. The maximum Gasteiger partial charge on any atom is 0.267 e. The number of rotatable bonds is 1. The highest BCUT2D eigenvalue weighted by Crippen LogP contribution is 2.20. The summed E-state index contributed by atoms with van der Waals surface area (Å²) in [5.41, 5.74) is 8.31. The normalized spacial score (nSPS) is 13.8. The molecule has 0 bridgehead atoms. The Morgan fingerprint density at radius 2 is 2.38 bits per heavy atom. The molecule has 0 saturated heterocycles. The predicted octanol–water partition coefficient (Wildman–Crippen LogP) is 0.503. The summed E-state index contributed by atoms with van der Waals surface area (Å²) in [5, 5.41) is 0. The van der Waals surface area contributed by atoms with Gasteiger partial charge in [0.15, 0.2) is 0 Å². The summed E-state index contributed by atoms with van der Waals surface area (Å²) in [6, 6.07) is 1.85. The Labute approximate surface area is 75.5 Å². The summed E-state index contributed by atoms with van der Waals surface area (Å²) in [4.78, 5) is 19.1. The van der Waals surface area contributed by atoms with Crippen LogP contribution in [0.1, 0.15) is 28.5 Å². The zero-order chi connectivity index (χ0) is 9.42. The van der Waals surface area contributed by atoms with Crippen LogP contribution in [-0.4, -0.2) is 16.6 Å². The van der Waals surface area contributed by atoms with Crippen molar-refractivity contribution in [3.63, 3.8) is 0 Å². The fraction of sp³-hybridized carbons (Fsp3) is 0.222. The third kappa shape index (κ3) is 1.11. The molecule has 1 aliphatic heterocycles. The van der Waals surface area contributed by atoms with Crippen LogP contribution in [0.3, 0.4) is 0 Å². The van der Waals surface area contributed by atoms with Gasteiger partial charge in [-0.15, -0.1) is 0 Å². The number of carbonyl (C=O) groups excluding carboxylic acids is 1. The number of pyridine rings is 1. The monoisotopic (exact) mass is 175 g/mol. The van der Waals surface area contributed by atoms with Crippen LogP contribution in [0.15, 0.2) is 17.3 Å². The maximum atomic E-state index is 11.0. The lowest BCUT2D eigenvalue weighted by Crippen LogP contribution is -2.16. The third-order valence-electron chi connectivity index (χ3n) is 2.15. The van der Waals surface area contributed by atoms with E-state index in [9.17, 15) is 4.79 Å². The molecule has 0 unspecified atom stereocenters. The van der Waals surface area contributed by atoms with E-state index >= 15 is 0 Å². The van der Waals surface area contributed by atoms with E-state index in [1.54, 1.807) is 6.20 Å². The lowest BCUT2D eigenvalue weighted by Gasteiger charge is -2.02. The minimum absolute atomic E-state index is 0.345. The van der Waals surface area contributed by atoms with Crippen LogP contribution in [0.2, 0.25) is 0 Å². The van der Waals surface area contributed by atoms with Gasteiger partial charge in [-0.25, -0.2) is 0 Å². The van der Waals surface area contributed by atoms with Gasteiger partial charge in [-0.05, 0) is 13.0 Å². The highest BCUT2D eigenvalue weighted by Gasteiger charge is 2.18. The van der Waals surface area contributed by atoms with Gasteiger partial charge in [0.25, 0.3) is 5.91 Å². The number of fused-ring (bicyclic) bond motifs is 1. The van der Waals surface area contributed by atoms with Crippen molar-refractivity contribution >= 4 is 11.6 Å². The van der Waals surface area contributed by atoms with Gasteiger partial charge in [0.2, 0.25) is 0 Å². The van der Waals surface area contributed by atoms with E-state index in [1.807, 2.05) is 13.0 Å². The Bertz CT molecular complexity index is 409. The zero-order valence-electron chi connectivity index (χ0n) is 7.24.